The number of nitro benzene ring substituents is 1. The number of nitro groups is 1. The monoisotopic (exact) mass is 307 g/mol. The fourth-order valence-electron chi connectivity index (χ4n) is 1.71. The molecule has 0 fully saturated rings. The molecule has 0 atom stereocenters. The van der Waals surface area contributed by atoms with E-state index in [1.807, 2.05) is 0 Å². The zero-order chi connectivity index (χ0) is 15.4. The van der Waals surface area contributed by atoms with Crippen molar-refractivity contribution in [1.29, 1.82) is 0 Å². The van der Waals surface area contributed by atoms with E-state index in [0.29, 0.717) is 5.02 Å². The molecule has 0 radical (unpaired) electrons. The molecule has 2 aromatic carbocycles. The predicted octanol–water partition coefficient (Wildman–Crippen LogP) is 3.53. The minimum absolute atomic E-state index is 0.0575. The van der Waals surface area contributed by atoms with Crippen LogP contribution in [0.1, 0.15) is 15.9 Å². The standard InChI is InChI=1S/C14H10ClNO5/c15-10-3-1-2-9(6-10)8-21-13-7-11(16(19)20)4-5-12(13)14(17)18/h1-7H,8H2,(H,17,18). The number of benzene rings is 2. The van der Waals surface area contributed by atoms with Crippen LogP contribution in [-0.4, -0.2) is 16.0 Å². The van der Waals surface area contributed by atoms with Crippen LogP contribution in [0.3, 0.4) is 0 Å². The first-order valence-corrected chi connectivity index (χ1v) is 6.24. The molecule has 6 nitrogen and oxygen atoms in total. The van der Waals surface area contributed by atoms with E-state index in [1.165, 1.54) is 0 Å². The van der Waals surface area contributed by atoms with Crippen LogP contribution in [-0.2, 0) is 6.61 Å². The first kappa shape index (κ1) is 14.8. The average Bonchev–Trinajstić information content (AvgIpc) is 2.44. The summed E-state index contributed by atoms with van der Waals surface area (Å²) in [7, 11) is 0. The lowest BCUT2D eigenvalue weighted by Crippen LogP contribution is -2.04. The highest BCUT2D eigenvalue weighted by Gasteiger charge is 2.16. The van der Waals surface area contributed by atoms with Gasteiger partial charge in [0.15, 0.2) is 0 Å². The third kappa shape index (κ3) is 3.70. The van der Waals surface area contributed by atoms with Crippen molar-refractivity contribution in [3.63, 3.8) is 0 Å². The van der Waals surface area contributed by atoms with Gasteiger partial charge in [0.25, 0.3) is 5.69 Å². The lowest BCUT2D eigenvalue weighted by atomic mass is 10.2. The molecule has 2 aromatic rings. The Morgan fingerprint density at radius 3 is 2.67 bits per heavy atom. The number of aromatic carboxylic acids is 1. The minimum atomic E-state index is -1.22. The van der Waals surface area contributed by atoms with Crippen LogP contribution >= 0.6 is 11.6 Å². The van der Waals surface area contributed by atoms with Gasteiger partial charge in [0, 0.05) is 11.1 Å². The van der Waals surface area contributed by atoms with Crippen LogP contribution < -0.4 is 4.74 Å². The fourth-order valence-corrected chi connectivity index (χ4v) is 1.92. The Morgan fingerprint density at radius 2 is 2.05 bits per heavy atom. The molecule has 1 N–H and O–H groups in total. The quantitative estimate of drug-likeness (QED) is 0.674. The van der Waals surface area contributed by atoms with E-state index in [0.717, 1.165) is 23.8 Å². The number of non-ortho nitro benzene ring substituents is 1. The highest BCUT2D eigenvalue weighted by atomic mass is 35.5. The maximum Gasteiger partial charge on any atom is 0.339 e. The highest BCUT2D eigenvalue weighted by Crippen LogP contribution is 2.26. The summed E-state index contributed by atoms with van der Waals surface area (Å²) in [6.07, 6.45) is 0. The Bertz CT molecular complexity index is 702. The Kier molecular flexibility index (Phi) is 4.39. The number of halogens is 1. The van der Waals surface area contributed by atoms with Gasteiger partial charge in [-0.3, -0.25) is 10.1 Å². The SMILES string of the molecule is O=C(O)c1ccc([N+](=O)[O-])cc1OCc1cccc(Cl)c1. The highest BCUT2D eigenvalue weighted by molar-refractivity contribution is 6.30. The van der Waals surface area contributed by atoms with Gasteiger partial charge in [0.05, 0.1) is 11.0 Å². The third-order valence-electron chi connectivity index (χ3n) is 2.69. The van der Waals surface area contributed by atoms with E-state index in [2.05, 4.69) is 0 Å². The summed E-state index contributed by atoms with van der Waals surface area (Å²) in [5, 5.41) is 20.3. The molecule has 0 spiro atoms. The topological polar surface area (TPSA) is 89.7 Å². The molecular weight excluding hydrogens is 298 g/mol. The van der Waals surface area contributed by atoms with E-state index < -0.39 is 10.9 Å². The number of carboxylic acids is 1. The fraction of sp³-hybridized carbons (Fsp3) is 0.0714. The van der Waals surface area contributed by atoms with Gasteiger partial charge >= 0.3 is 5.97 Å². The number of hydrogen-bond acceptors (Lipinski definition) is 4. The Hall–Kier alpha value is -2.60. The number of rotatable bonds is 5. The summed E-state index contributed by atoms with van der Waals surface area (Å²) in [4.78, 5) is 21.2. The lowest BCUT2D eigenvalue weighted by molar-refractivity contribution is -0.384. The van der Waals surface area contributed by atoms with E-state index in [4.69, 9.17) is 21.4 Å². The van der Waals surface area contributed by atoms with Gasteiger partial charge < -0.3 is 9.84 Å². The molecule has 0 heterocycles. The van der Waals surface area contributed by atoms with E-state index in [-0.39, 0.29) is 23.6 Å². The van der Waals surface area contributed by atoms with Crippen molar-refractivity contribution in [3.05, 3.63) is 68.7 Å². The molecule has 0 unspecified atom stereocenters. The molecule has 0 saturated heterocycles. The minimum Gasteiger partial charge on any atom is -0.488 e. The number of ether oxygens (including phenoxy) is 1. The molecule has 0 aromatic heterocycles. The smallest absolute Gasteiger partial charge is 0.339 e. The summed E-state index contributed by atoms with van der Waals surface area (Å²) < 4.78 is 5.39. The van der Waals surface area contributed by atoms with Gasteiger partial charge in [-0.15, -0.1) is 0 Å². The third-order valence-corrected chi connectivity index (χ3v) is 2.92. The maximum absolute atomic E-state index is 11.1. The lowest BCUT2D eigenvalue weighted by Gasteiger charge is -2.09. The van der Waals surface area contributed by atoms with Crippen LogP contribution in [0.4, 0.5) is 5.69 Å². The largest absolute Gasteiger partial charge is 0.488 e. The van der Waals surface area contributed by atoms with Crippen molar-refractivity contribution < 1.29 is 19.6 Å². The van der Waals surface area contributed by atoms with Crippen LogP contribution in [0, 0.1) is 10.1 Å². The molecule has 108 valence electrons. The average molecular weight is 308 g/mol. The molecule has 21 heavy (non-hydrogen) atoms. The molecule has 0 aliphatic heterocycles. The first-order chi connectivity index (χ1) is 9.97. The van der Waals surface area contributed by atoms with Crippen molar-refractivity contribution in [2.24, 2.45) is 0 Å². The zero-order valence-corrected chi connectivity index (χ0v) is 11.4. The predicted molar refractivity (Wildman–Crippen MR) is 75.8 cm³/mol. The van der Waals surface area contributed by atoms with Crippen LogP contribution in [0.2, 0.25) is 5.02 Å². The molecule has 7 heteroatoms. The summed E-state index contributed by atoms with van der Waals surface area (Å²) in [5.74, 6) is -1.28. The molecule has 2 rings (SSSR count). The van der Waals surface area contributed by atoms with Crippen molar-refractivity contribution in [3.8, 4) is 5.75 Å². The number of nitrogens with zero attached hydrogens (tertiary/aromatic N) is 1. The summed E-state index contributed by atoms with van der Waals surface area (Å²) in [6.45, 7) is 0.0575. The number of carboxylic acid groups (broad SMARTS) is 1. The second-order valence-electron chi connectivity index (χ2n) is 4.16. The van der Waals surface area contributed by atoms with Crippen LogP contribution in [0.5, 0.6) is 5.75 Å². The molecule has 0 saturated carbocycles. The Morgan fingerprint density at radius 1 is 1.29 bits per heavy atom. The summed E-state index contributed by atoms with van der Waals surface area (Å²) >= 11 is 5.84. The van der Waals surface area contributed by atoms with Gasteiger partial charge in [-0.05, 0) is 23.8 Å². The molecule has 0 aliphatic carbocycles. The second kappa shape index (κ2) is 6.23. The zero-order valence-electron chi connectivity index (χ0n) is 10.7. The van der Waals surface area contributed by atoms with Gasteiger partial charge in [-0.25, -0.2) is 4.79 Å². The van der Waals surface area contributed by atoms with Gasteiger partial charge in [0.1, 0.15) is 17.9 Å². The van der Waals surface area contributed by atoms with Crippen molar-refractivity contribution in [1.82, 2.24) is 0 Å². The van der Waals surface area contributed by atoms with Crippen molar-refractivity contribution in [2.75, 3.05) is 0 Å². The van der Waals surface area contributed by atoms with Crippen molar-refractivity contribution >= 4 is 23.3 Å². The number of hydrogen-bond donors (Lipinski definition) is 1. The van der Waals surface area contributed by atoms with Gasteiger partial charge in [-0.2, -0.15) is 0 Å². The van der Waals surface area contributed by atoms with E-state index in [1.54, 1.807) is 24.3 Å². The molecule has 0 aliphatic rings. The number of carbonyl (C=O) groups is 1. The van der Waals surface area contributed by atoms with Crippen LogP contribution in [0.15, 0.2) is 42.5 Å². The molecular formula is C14H10ClNO5. The van der Waals surface area contributed by atoms with Gasteiger partial charge in [0.2, 0.25) is 0 Å². The normalized spacial score (nSPS) is 10.1. The van der Waals surface area contributed by atoms with E-state index in [9.17, 15) is 14.9 Å². The van der Waals surface area contributed by atoms with Crippen LogP contribution in [0.25, 0.3) is 0 Å². The first-order valence-electron chi connectivity index (χ1n) is 5.86. The van der Waals surface area contributed by atoms with Crippen molar-refractivity contribution in [2.45, 2.75) is 6.61 Å². The maximum atomic E-state index is 11.1. The molecule has 0 bridgehead atoms. The summed E-state index contributed by atoms with van der Waals surface area (Å²) in [5.41, 5.74) is 0.356. The Balaban J connectivity index is 2.26. The Labute approximate surface area is 124 Å². The van der Waals surface area contributed by atoms with Gasteiger partial charge in [-0.1, -0.05) is 23.7 Å². The second-order valence-corrected chi connectivity index (χ2v) is 4.60. The molecule has 0 amide bonds. The van der Waals surface area contributed by atoms with E-state index >= 15 is 0 Å². The summed E-state index contributed by atoms with van der Waals surface area (Å²) in [6, 6.07) is 10.2.